The van der Waals surface area contributed by atoms with Crippen molar-refractivity contribution >= 4 is 31.9 Å². The molecule has 0 amide bonds. The molecule has 1 aromatic rings. The predicted octanol–water partition coefficient (Wildman–Crippen LogP) is 1.05. The third kappa shape index (κ3) is 1.94. The monoisotopic (exact) mass is 310 g/mol. The van der Waals surface area contributed by atoms with Crippen molar-refractivity contribution in [1.82, 2.24) is 0 Å². The Morgan fingerprint density at radius 1 is 1.15 bits per heavy atom. The lowest BCUT2D eigenvalue weighted by atomic mass is 10.3. The molecule has 6 heteroatoms. The van der Waals surface area contributed by atoms with Gasteiger partial charge in [0.05, 0.1) is 23.7 Å². The van der Waals surface area contributed by atoms with Crippen LogP contribution in [-0.4, -0.2) is 0 Å². The fourth-order valence-electron chi connectivity index (χ4n) is 0.993. The summed E-state index contributed by atoms with van der Waals surface area (Å²) in [6.07, 6.45) is 0. The van der Waals surface area contributed by atoms with E-state index in [1.807, 2.05) is 0 Å². The molecule has 0 radical (unpaired) electrons. The van der Waals surface area contributed by atoms with Crippen molar-refractivity contribution in [3.8, 4) is 0 Å². The Morgan fingerprint density at radius 3 is 1.85 bits per heavy atom. The zero-order valence-electron chi connectivity index (χ0n) is 6.96. The molecule has 0 aliphatic carbocycles. The van der Waals surface area contributed by atoms with E-state index in [2.05, 4.69) is 31.9 Å². The van der Waals surface area contributed by atoms with Gasteiger partial charge in [-0.2, -0.15) is 0 Å². The number of hydrogen-bond acceptors (Lipinski definition) is 2. The van der Waals surface area contributed by atoms with Crippen molar-refractivity contribution < 1.29 is 9.46 Å². The molecule has 0 unspecified atom stereocenters. The lowest BCUT2D eigenvalue weighted by Gasteiger charge is -2.07. The molecule has 4 nitrogen and oxygen atoms in total. The summed E-state index contributed by atoms with van der Waals surface area (Å²) in [5, 5.41) is 23.6. The minimum Gasteiger partial charge on any atom is -0.614 e. The molecule has 0 spiro atoms. The second kappa shape index (κ2) is 4.23. The maximum atomic E-state index is 11.3. The standard InChI is InChI=1S/C7H8Br2N2O2/c1-5-10(12)6(3-8)2-7(4-9)11(5)13/h2H,3-4H2,1H3. The van der Waals surface area contributed by atoms with Gasteiger partial charge in [-0.3, -0.25) is 0 Å². The number of nitrogens with zero attached hydrogens (tertiary/aromatic N) is 2. The lowest BCUT2D eigenvalue weighted by Crippen LogP contribution is -2.50. The molecule has 1 heterocycles. The molecular weight excluding hydrogens is 304 g/mol. The molecule has 0 N–H and O–H groups in total. The van der Waals surface area contributed by atoms with Crippen molar-refractivity contribution in [2.45, 2.75) is 17.6 Å². The SMILES string of the molecule is Cc1[n+]([O-])c(CBr)cc(CBr)[n+]1[O-]. The zero-order chi connectivity index (χ0) is 10.0. The minimum absolute atomic E-state index is 0.145. The fourth-order valence-corrected chi connectivity index (χ4v) is 1.77. The molecule has 13 heavy (non-hydrogen) atoms. The first-order valence-corrected chi connectivity index (χ1v) is 5.82. The summed E-state index contributed by atoms with van der Waals surface area (Å²) in [7, 11) is 0. The van der Waals surface area contributed by atoms with Crippen LogP contribution in [0, 0.1) is 17.3 Å². The van der Waals surface area contributed by atoms with E-state index in [0.717, 1.165) is 0 Å². The van der Waals surface area contributed by atoms with Crippen molar-refractivity contribution in [3.05, 3.63) is 33.7 Å². The third-order valence-corrected chi connectivity index (χ3v) is 2.87. The molecule has 0 aliphatic rings. The zero-order valence-corrected chi connectivity index (χ0v) is 10.1. The van der Waals surface area contributed by atoms with Gasteiger partial charge in [-0.15, -0.1) is 9.46 Å². The highest BCUT2D eigenvalue weighted by atomic mass is 79.9. The molecule has 0 bridgehead atoms. The Balaban J connectivity index is 3.36. The fraction of sp³-hybridized carbons (Fsp3) is 0.429. The molecule has 0 aliphatic heterocycles. The van der Waals surface area contributed by atoms with Crippen molar-refractivity contribution in [2.24, 2.45) is 0 Å². The predicted molar refractivity (Wildman–Crippen MR) is 54.4 cm³/mol. The van der Waals surface area contributed by atoms with Crippen LogP contribution in [0.1, 0.15) is 17.2 Å². The normalized spacial score (nSPS) is 10.4. The van der Waals surface area contributed by atoms with Crippen molar-refractivity contribution in [3.63, 3.8) is 0 Å². The number of alkyl halides is 2. The Bertz CT molecular complexity index is 303. The smallest absolute Gasteiger partial charge is 0.437 e. The van der Waals surface area contributed by atoms with Crippen LogP contribution < -0.4 is 9.46 Å². The molecule has 1 rings (SSSR count). The van der Waals surface area contributed by atoms with Gasteiger partial charge < -0.3 is 10.4 Å². The molecule has 0 aromatic carbocycles. The molecule has 1 aromatic heterocycles. The number of halogens is 2. The van der Waals surface area contributed by atoms with Gasteiger partial charge in [0.1, 0.15) is 0 Å². The van der Waals surface area contributed by atoms with Gasteiger partial charge in [0.15, 0.2) is 0 Å². The molecular formula is C7H8Br2N2O2. The summed E-state index contributed by atoms with van der Waals surface area (Å²) in [6, 6.07) is 1.58. The van der Waals surface area contributed by atoms with Crippen LogP contribution >= 0.6 is 31.9 Å². The first-order valence-electron chi connectivity index (χ1n) is 3.58. The highest BCUT2D eigenvalue weighted by Crippen LogP contribution is 2.05. The van der Waals surface area contributed by atoms with Gasteiger partial charge in [-0.1, -0.05) is 31.9 Å². The van der Waals surface area contributed by atoms with E-state index in [1.54, 1.807) is 6.07 Å². The second-order valence-corrected chi connectivity index (χ2v) is 3.65. The Morgan fingerprint density at radius 2 is 1.54 bits per heavy atom. The molecule has 72 valence electrons. The van der Waals surface area contributed by atoms with E-state index in [0.29, 0.717) is 31.5 Å². The summed E-state index contributed by atoms with van der Waals surface area (Å²) in [5.74, 6) is 0.145. The van der Waals surface area contributed by atoms with Gasteiger partial charge in [0, 0.05) is 0 Å². The van der Waals surface area contributed by atoms with E-state index >= 15 is 0 Å². The van der Waals surface area contributed by atoms with E-state index in [1.165, 1.54) is 6.92 Å². The van der Waals surface area contributed by atoms with E-state index in [9.17, 15) is 10.4 Å². The summed E-state index contributed by atoms with van der Waals surface area (Å²) < 4.78 is 1.27. The van der Waals surface area contributed by atoms with Crippen LogP contribution in [0.5, 0.6) is 0 Å². The Hall–Kier alpha value is -0.360. The highest BCUT2D eigenvalue weighted by molar-refractivity contribution is 9.08. The maximum Gasteiger partial charge on any atom is 0.437 e. The number of hydrogen-bond donors (Lipinski definition) is 0. The maximum absolute atomic E-state index is 11.3. The summed E-state index contributed by atoms with van der Waals surface area (Å²) >= 11 is 6.37. The van der Waals surface area contributed by atoms with Gasteiger partial charge in [0.25, 0.3) is 0 Å². The largest absolute Gasteiger partial charge is 0.614 e. The van der Waals surface area contributed by atoms with Gasteiger partial charge in [0.2, 0.25) is 11.4 Å². The van der Waals surface area contributed by atoms with Crippen LogP contribution in [-0.2, 0) is 10.7 Å². The van der Waals surface area contributed by atoms with Gasteiger partial charge in [-0.25, -0.2) is 0 Å². The average molecular weight is 312 g/mol. The van der Waals surface area contributed by atoms with Crippen LogP contribution in [0.25, 0.3) is 0 Å². The van der Waals surface area contributed by atoms with Crippen molar-refractivity contribution in [1.29, 1.82) is 0 Å². The summed E-state index contributed by atoms with van der Waals surface area (Å²) in [4.78, 5) is 0. The van der Waals surface area contributed by atoms with Crippen LogP contribution in [0.4, 0.5) is 0 Å². The molecule has 0 saturated carbocycles. The van der Waals surface area contributed by atoms with Crippen LogP contribution in [0.15, 0.2) is 6.07 Å². The van der Waals surface area contributed by atoms with Crippen molar-refractivity contribution in [2.75, 3.05) is 0 Å². The van der Waals surface area contributed by atoms with E-state index < -0.39 is 0 Å². The Labute approximate surface area is 92.6 Å². The van der Waals surface area contributed by atoms with Gasteiger partial charge in [-0.05, 0) is 0 Å². The van der Waals surface area contributed by atoms with E-state index in [4.69, 9.17) is 0 Å². The third-order valence-electron chi connectivity index (χ3n) is 1.72. The summed E-state index contributed by atoms with van der Waals surface area (Å²) in [6.45, 7) is 1.50. The van der Waals surface area contributed by atoms with E-state index in [-0.39, 0.29) is 5.82 Å². The average Bonchev–Trinajstić information content (AvgIpc) is 2.15. The quantitative estimate of drug-likeness (QED) is 0.466. The first kappa shape index (κ1) is 10.7. The highest BCUT2D eigenvalue weighted by Gasteiger charge is 2.20. The molecule has 0 fully saturated rings. The number of aromatic nitrogens is 2. The Kier molecular flexibility index (Phi) is 3.49. The topological polar surface area (TPSA) is 53.9 Å². The molecule has 0 atom stereocenters. The van der Waals surface area contributed by atoms with Crippen LogP contribution in [0.3, 0.4) is 0 Å². The van der Waals surface area contributed by atoms with Gasteiger partial charge >= 0.3 is 5.82 Å². The second-order valence-electron chi connectivity index (χ2n) is 2.53. The lowest BCUT2D eigenvalue weighted by molar-refractivity contribution is -0.761. The molecule has 0 saturated heterocycles. The van der Waals surface area contributed by atoms with Crippen LogP contribution in [0.2, 0.25) is 0 Å². The number of rotatable bonds is 2. The first-order chi connectivity index (χ1) is 6.11. The minimum atomic E-state index is 0.145. The summed E-state index contributed by atoms with van der Waals surface area (Å²) in [5.41, 5.74) is 1.08.